The maximum absolute atomic E-state index is 11.4. The molecule has 0 heterocycles. The van der Waals surface area contributed by atoms with Gasteiger partial charge in [0, 0.05) is 19.0 Å². The number of benzene rings is 1. The SMILES string of the molecule is COC(=O)c1cccc(CNC(=O)CC(C)N)c1.Cl. The molecular formula is C13H19ClN2O3. The van der Waals surface area contributed by atoms with Gasteiger partial charge in [-0.1, -0.05) is 12.1 Å². The first-order valence-corrected chi connectivity index (χ1v) is 5.72. The monoisotopic (exact) mass is 286 g/mol. The van der Waals surface area contributed by atoms with Gasteiger partial charge in [0.05, 0.1) is 12.7 Å². The second-order valence-corrected chi connectivity index (χ2v) is 4.15. The van der Waals surface area contributed by atoms with Crippen molar-refractivity contribution in [3.05, 3.63) is 35.4 Å². The summed E-state index contributed by atoms with van der Waals surface area (Å²) in [6.45, 7) is 2.15. The molecule has 6 heteroatoms. The molecule has 0 fully saturated rings. The maximum Gasteiger partial charge on any atom is 0.337 e. The van der Waals surface area contributed by atoms with E-state index in [4.69, 9.17) is 5.73 Å². The summed E-state index contributed by atoms with van der Waals surface area (Å²) < 4.78 is 4.63. The van der Waals surface area contributed by atoms with Gasteiger partial charge in [0.25, 0.3) is 0 Å². The number of hydrogen-bond donors (Lipinski definition) is 2. The Bertz CT molecular complexity index is 436. The minimum atomic E-state index is -0.390. The molecule has 0 saturated carbocycles. The van der Waals surface area contributed by atoms with E-state index >= 15 is 0 Å². The zero-order valence-corrected chi connectivity index (χ0v) is 11.8. The summed E-state index contributed by atoms with van der Waals surface area (Å²) in [7, 11) is 1.33. The summed E-state index contributed by atoms with van der Waals surface area (Å²) in [6, 6.07) is 6.78. The number of carbonyl (C=O) groups excluding carboxylic acids is 2. The molecule has 0 aliphatic rings. The van der Waals surface area contributed by atoms with Gasteiger partial charge >= 0.3 is 5.97 Å². The zero-order valence-electron chi connectivity index (χ0n) is 11.0. The quantitative estimate of drug-likeness (QED) is 0.798. The Morgan fingerprint density at radius 3 is 2.68 bits per heavy atom. The van der Waals surface area contributed by atoms with Crippen molar-refractivity contribution in [3.8, 4) is 0 Å². The van der Waals surface area contributed by atoms with Gasteiger partial charge in [0.15, 0.2) is 0 Å². The van der Waals surface area contributed by atoms with Crippen molar-refractivity contribution in [1.29, 1.82) is 0 Å². The van der Waals surface area contributed by atoms with E-state index in [-0.39, 0.29) is 30.8 Å². The van der Waals surface area contributed by atoms with Gasteiger partial charge in [-0.25, -0.2) is 4.79 Å². The van der Waals surface area contributed by atoms with Crippen LogP contribution in [0.15, 0.2) is 24.3 Å². The number of esters is 1. The molecule has 1 rings (SSSR count). The summed E-state index contributed by atoms with van der Waals surface area (Å²) in [5.41, 5.74) is 6.83. The summed E-state index contributed by atoms with van der Waals surface area (Å²) >= 11 is 0. The zero-order chi connectivity index (χ0) is 13.5. The van der Waals surface area contributed by atoms with Crippen LogP contribution in [0, 0.1) is 0 Å². The van der Waals surface area contributed by atoms with Crippen LogP contribution in [-0.4, -0.2) is 25.0 Å². The van der Waals surface area contributed by atoms with E-state index in [1.165, 1.54) is 7.11 Å². The van der Waals surface area contributed by atoms with Crippen LogP contribution in [0.25, 0.3) is 0 Å². The van der Waals surface area contributed by atoms with Crippen LogP contribution in [0.5, 0.6) is 0 Å². The van der Waals surface area contributed by atoms with Crippen molar-refractivity contribution in [2.45, 2.75) is 25.9 Å². The molecule has 0 spiro atoms. The molecule has 1 unspecified atom stereocenters. The minimum Gasteiger partial charge on any atom is -0.465 e. The van der Waals surface area contributed by atoms with Crippen LogP contribution in [-0.2, 0) is 16.1 Å². The predicted molar refractivity (Wildman–Crippen MR) is 75.1 cm³/mol. The normalized spacial score (nSPS) is 11.1. The molecule has 1 aromatic rings. The molecule has 3 N–H and O–H groups in total. The van der Waals surface area contributed by atoms with E-state index in [9.17, 15) is 9.59 Å². The molecule has 0 bridgehead atoms. The van der Waals surface area contributed by atoms with Gasteiger partial charge < -0.3 is 15.8 Å². The average molecular weight is 287 g/mol. The Morgan fingerprint density at radius 1 is 1.42 bits per heavy atom. The fourth-order valence-corrected chi connectivity index (χ4v) is 1.49. The maximum atomic E-state index is 11.4. The fourth-order valence-electron chi connectivity index (χ4n) is 1.49. The van der Waals surface area contributed by atoms with Crippen molar-refractivity contribution in [3.63, 3.8) is 0 Å². The molecular weight excluding hydrogens is 268 g/mol. The lowest BCUT2D eigenvalue weighted by Crippen LogP contribution is -2.29. The number of amides is 1. The number of methoxy groups -OCH3 is 1. The predicted octanol–water partition coefficient (Wildman–Crippen LogP) is 1.25. The van der Waals surface area contributed by atoms with E-state index in [1.807, 2.05) is 6.07 Å². The first-order valence-electron chi connectivity index (χ1n) is 5.72. The highest BCUT2D eigenvalue weighted by Crippen LogP contribution is 2.06. The number of halogens is 1. The third-order valence-electron chi connectivity index (χ3n) is 2.35. The molecule has 1 amide bonds. The lowest BCUT2D eigenvalue weighted by molar-refractivity contribution is -0.121. The van der Waals surface area contributed by atoms with Crippen LogP contribution in [0.2, 0.25) is 0 Å². The fraction of sp³-hybridized carbons (Fsp3) is 0.385. The Labute approximate surface area is 118 Å². The highest BCUT2D eigenvalue weighted by molar-refractivity contribution is 5.89. The van der Waals surface area contributed by atoms with E-state index in [2.05, 4.69) is 10.1 Å². The summed E-state index contributed by atoms with van der Waals surface area (Å²) in [4.78, 5) is 22.7. The van der Waals surface area contributed by atoms with E-state index in [0.29, 0.717) is 12.1 Å². The molecule has 106 valence electrons. The summed E-state index contributed by atoms with van der Waals surface area (Å²) in [5, 5.41) is 2.74. The van der Waals surface area contributed by atoms with Crippen molar-refractivity contribution >= 4 is 24.3 Å². The molecule has 5 nitrogen and oxygen atoms in total. The highest BCUT2D eigenvalue weighted by Gasteiger charge is 2.07. The van der Waals surface area contributed by atoms with Crippen LogP contribution in [0.3, 0.4) is 0 Å². The number of ether oxygens (including phenoxy) is 1. The second kappa shape index (κ2) is 8.50. The molecule has 0 aliphatic heterocycles. The minimum absolute atomic E-state index is 0. The van der Waals surface area contributed by atoms with Gasteiger partial charge in [-0.3, -0.25) is 4.79 Å². The Balaban J connectivity index is 0.00000324. The standard InChI is InChI=1S/C13H18N2O3.ClH/c1-9(14)6-12(16)15-8-10-4-3-5-11(7-10)13(17)18-2;/h3-5,7,9H,6,8,14H2,1-2H3,(H,15,16);1H. The number of nitrogens with one attached hydrogen (secondary N) is 1. The lowest BCUT2D eigenvalue weighted by Gasteiger charge is -2.08. The van der Waals surface area contributed by atoms with Crippen LogP contribution >= 0.6 is 12.4 Å². The third kappa shape index (κ3) is 6.22. The summed E-state index contributed by atoms with van der Waals surface area (Å²) in [6.07, 6.45) is 0.288. The molecule has 1 atom stereocenters. The molecule has 0 aromatic heterocycles. The molecule has 0 radical (unpaired) electrons. The highest BCUT2D eigenvalue weighted by atomic mass is 35.5. The summed E-state index contributed by atoms with van der Waals surface area (Å²) in [5.74, 6) is -0.493. The number of nitrogens with two attached hydrogens (primary N) is 1. The van der Waals surface area contributed by atoms with Crippen LogP contribution < -0.4 is 11.1 Å². The Morgan fingerprint density at radius 2 is 2.11 bits per heavy atom. The van der Waals surface area contributed by atoms with Gasteiger partial charge in [0.1, 0.15) is 0 Å². The number of hydrogen-bond acceptors (Lipinski definition) is 4. The molecule has 1 aromatic carbocycles. The van der Waals surface area contributed by atoms with Gasteiger partial charge in [-0.15, -0.1) is 12.4 Å². The van der Waals surface area contributed by atoms with Crippen LogP contribution in [0.4, 0.5) is 0 Å². The van der Waals surface area contributed by atoms with Crippen molar-refractivity contribution < 1.29 is 14.3 Å². The molecule has 0 saturated heterocycles. The largest absolute Gasteiger partial charge is 0.465 e. The Kier molecular flexibility index (Phi) is 7.79. The van der Waals surface area contributed by atoms with E-state index < -0.39 is 5.97 Å². The lowest BCUT2D eigenvalue weighted by atomic mass is 10.1. The van der Waals surface area contributed by atoms with Crippen molar-refractivity contribution in [2.75, 3.05) is 7.11 Å². The number of carbonyl (C=O) groups is 2. The van der Waals surface area contributed by atoms with Crippen LogP contribution in [0.1, 0.15) is 29.3 Å². The topological polar surface area (TPSA) is 81.4 Å². The van der Waals surface area contributed by atoms with Crippen molar-refractivity contribution in [2.24, 2.45) is 5.73 Å². The van der Waals surface area contributed by atoms with Gasteiger partial charge in [-0.2, -0.15) is 0 Å². The van der Waals surface area contributed by atoms with Gasteiger partial charge in [-0.05, 0) is 24.6 Å². The smallest absolute Gasteiger partial charge is 0.337 e. The van der Waals surface area contributed by atoms with E-state index in [1.54, 1.807) is 25.1 Å². The first kappa shape index (κ1) is 17.4. The third-order valence-corrected chi connectivity index (χ3v) is 2.35. The van der Waals surface area contributed by atoms with Crippen molar-refractivity contribution in [1.82, 2.24) is 5.32 Å². The average Bonchev–Trinajstić information content (AvgIpc) is 2.35. The van der Waals surface area contributed by atoms with E-state index in [0.717, 1.165) is 5.56 Å². The Hall–Kier alpha value is -1.59. The molecule has 0 aliphatic carbocycles. The molecule has 19 heavy (non-hydrogen) atoms. The first-order chi connectivity index (χ1) is 8.52. The van der Waals surface area contributed by atoms with Gasteiger partial charge in [0.2, 0.25) is 5.91 Å². The second-order valence-electron chi connectivity index (χ2n) is 4.15. The number of rotatable bonds is 5.